The van der Waals surface area contributed by atoms with E-state index in [-0.39, 0.29) is 23.0 Å². The first-order chi connectivity index (χ1) is 13.2. The Kier molecular flexibility index (Phi) is 9.00. The Morgan fingerprint density at radius 3 is 2.24 bits per heavy atom. The highest BCUT2D eigenvalue weighted by Gasteiger charge is 2.22. The van der Waals surface area contributed by atoms with Gasteiger partial charge in [0, 0.05) is 19.5 Å². The summed E-state index contributed by atoms with van der Waals surface area (Å²) in [5.74, 6) is 1.18. The molecule has 166 valence electrons. The van der Waals surface area contributed by atoms with Crippen molar-refractivity contribution in [3.63, 3.8) is 0 Å². The zero-order valence-electron chi connectivity index (χ0n) is 19.1. The van der Waals surface area contributed by atoms with E-state index in [4.69, 9.17) is 8.92 Å². The van der Waals surface area contributed by atoms with E-state index in [0.717, 1.165) is 18.2 Å². The van der Waals surface area contributed by atoms with Gasteiger partial charge in [-0.05, 0) is 41.4 Å². The van der Waals surface area contributed by atoms with E-state index in [2.05, 4.69) is 41.5 Å². The normalized spacial score (nSPS) is 13.3. The van der Waals surface area contributed by atoms with Gasteiger partial charge >= 0.3 is 10.1 Å². The van der Waals surface area contributed by atoms with E-state index in [9.17, 15) is 13.2 Å². The van der Waals surface area contributed by atoms with E-state index in [1.165, 1.54) is 7.11 Å². The number of amides is 1. The Morgan fingerprint density at radius 2 is 1.76 bits per heavy atom. The van der Waals surface area contributed by atoms with Gasteiger partial charge in [-0.2, -0.15) is 8.42 Å². The summed E-state index contributed by atoms with van der Waals surface area (Å²) in [5, 5.41) is 0. The summed E-state index contributed by atoms with van der Waals surface area (Å²) < 4.78 is 33.3. The predicted octanol–water partition coefficient (Wildman–Crippen LogP) is 4.48. The lowest BCUT2D eigenvalue weighted by Gasteiger charge is -2.28. The minimum atomic E-state index is -3.68. The fourth-order valence-corrected chi connectivity index (χ4v) is 3.96. The number of methoxy groups -OCH3 is 1. The van der Waals surface area contributed by atoms with Crippen molar-refractivity contribution in [2.75, 3.05) is 19.9 Å². The van der Waals surface area contributed by atoms with Crippen LogP contribution in [-0.2, 0) is 21.5 Å². The minimum absolute atomic E-state index is 0.108. The molecule has 0 saturated heterocycles. The number of nitrogens with zero attached hydrogens (tertiary/aromatic N) is 1. The van der Waals surface area contributed by atoms with Gasteiger partial charge in [-0.3, -0.25) is 4.79 Å². The van der Waals surface area contributed by atoms with Crippen molar-refractivity contribution in [1.82, 2.24) is 4.90 Å². The SMILES string of the molecule is COc1ccc(CN(CC(C)C)C(=O)CC(C)CC(C)(C)C)cc1OS(C)(=O)=O. The largest absolute Gasteiger partial charge is 0.493 e. The van der Waals surface area contributed by atoms with Gasteiger partial charge in [0.1, 0.15) is 0 Å². The number of rotatable bonds is 10. The van der Waals surface area contributed by atoms with Crippen LogP contribution in [0.5, 0.6) is 11.5 Å². The van der Waals surface area contributed by atoms with Crippen LogP contribution in [0.15, 0.2) is 18.2 Å². The fraction of sp³-hybridized carbons (Fsp3) is 0.682. The summed E-state index contributed by atoms with van der Waals surface area (Å²) in [7, 11) is -2.23. The van der Waals surface area contributed by atoms with Crippen molar-refractivity contribution in [2.24, 2.45) is 17.3 Å². The van der Waals surface area contributed by atoms with Gasteiger partial charge in [-0.1, -0.05) is 47.6 Å². The molecule has 0 aliphatic carbocycles. The van der Waals surface area contributed by atoms with Crippen LogP contribution in [0.2, 0.25) is 0 Å². The van der Waals surface area contributed by atoms with Crippen LogP contribution in [0.25, 0.3) is 0 Å². The molecule has 6 nitrogen and oxygen atoms in total. The summed E-state index contributed by atoms with van der Waals surface area (Å²) in [6, 6.07) is 5.11. The zero-order valence-corrected chi connectivity index (χ0v) is 19.9. The van der Waals surface area contributed by atoms with Crippen molar-refractivity contribution in [1.29, 1.82) is 0 Å². The summed E-state index contributed by atoms with van der Waals surface area (Å²) in [4.78, 5) is 14.8. The minimum Gasteiger partial charge on any atom is -0.493 e. The Labute approximate surface area is 176 Å². The molecule has 7 heteroatoms. The maximum atomic E-state index is 13.0. The molecule has 0 aliphatic rings. The Bertz CT molecular complexity index is 781. The molecule has 0 radical (unpaired) electrons. The standard InChI is InChI=1S/C22H37NO5S/c1-16(2)14-23(21(24)11-17(3)13-22(4,5)6)15-18-9-10-19(27-7)20(12-18)28-29(8,25)26/h9-10,12,16-17H,11,13-15H2,1-8H3. The Balaban J connectivity index is 3.03. The third-order valence-electron chi connectivity index (χ3n) is 4.26. The first-order valence-corrected chi connectivity index (χ1v) is 11.9. The van der Waals surface area contributed by atoms with Crippen LogP contribution in [0.3, 0.4) is 0 Å². The van der Waals surface area contributed by atoms with Crippen LogP contribution >= 0.6 is 0 Å². The number of carbonyl (C=O) groups excluding carboxylic acids is 1. The lowest BCUT2D eigenvalue weighted by Crippen LogP contribution is -2.35. The molecule has 0 bridgehead atoms. The zero-order chi connectivity index (χ0) is 22.4. The number of hydrogen-bond acceptors (Lipinski definition) is 5. The smallest absolute Gasteiger partial charge is 0.306 e. The van der Waals surface area contributed by atoms with E-state index in [0.29, 0.717) is 31.2 Å². The number of ether oxygens (including phenoxy) is 1. The first-order valence-electron chi connectivity index (χ1n) is 10.0. The molecule has 1 unspecified atom stereocenters. The molecule has 0 saturated carbocycles. The topological polar surface area (TPSA) is 72.9 Å². The third-order valence-corrected chi connectivity index (χ3v) is 4.75. The molecule has 0 N–H and O–H groups in total. The van der Waals surface area contributed by atoms with Gasteiger partial charge in [-0.15, -0.1) is 0 Å². The lowest BCUT2D eigenvalue weighted by atomic mass is 9.84. The molecular formula is C22H37NO5S. The van der Waals surface area contributed by atoms with Crippen LogP contribution in [0.1, 0.15) is 59.9 Å². The van der Waals surface area contributed by atoms with Gasteiger partial charge in [0.25, 0.3) is 0 Å². The number of hydrogen-bond donors (Lipinski definition) is 0. The van der Waals surface area contributed by atoms with Gasteiger partial charge in [-0.25, -0.2) is 0 Å². The van der Waals surface area contributed by atoms with E-state index >= 15 is 0 Å². The summed E-state index contributed by atoms with van der Waals surface area (Å²) in [5.41, 5.74) is 0.970. The average molecular weight is 428 g/mol. The Morgan fingerprint density at radius 1 is 1.14 bits per heavy atom. The second-order valence-corrected chi connectivity index (χ2v) is 11.1. The number of benzene rings is 1. The van der Waals surface area contributed by atoms with Crippen molar-refractivity contribution in [2.45, 2.75) is 60.9 Å². The maximum absolute atomic E-state index is 13.0. The van der Waals surface area contributed by atoms with E-state index < -0.39 is 10.1 Å². The Hall–Kier alpha value is -1.76. The quantitative estimate of drug-likeness (QED) is 0.515. The van der Waals surface area contributed by atoms with Gasteiger partial charge in [0.2, 0.25) is 5.91 Å². The molecule has 1 atom stereocenters. The van der Waals surface area contributed by atoms with Crippen LogP contribution in [-0.4, -0.2) is 39.1 Å². The molecule has 0 aromatic heterocycles. The molecule has 0 aliphatic heterocycles. The molecule has 29 heavy (non-hydrogen) atoms. The third kappa shape index (κ3) is 10.0. The summed E-state index contributed by atoms with van der Waals surface area (Å²) in [6.45, 7) is 13.8. The van der Waals surface area contributed by atoms with Gasteiger partial charge in [0.05, 0.1) is 13.4 Å². The van der Waals surface area contributed by atoms with E-state index in [1.807, 2.05) is 11.0 Å². The van der Waals surface area contributed by atoms with Gasteiger partial charge in [0.15, 0.2) is 11.5 Å². The van der Waals surface area contributed by atoms with Crippen LogP contribution in [0, 0.1) is 17.3 Å². The second-order valence-electron chi connectivity index (χ2n) is 9.51. The summed E-state index contributed by atoms with van der Waals surface area (Å²) >= 11 is 0. The monoisotopic (exact) mass is 427 g/mol. The molecule has 1 aromatic carbocycles. The van der Waals surface area contributed by atoms with Crippen LogP contribution in [0.4, 0.5) is 0 Å². The van der Waals surface area contributed by atoms with Crippen molar-refractivity contribution >= 4 is 16.0 Å². The highest BCUT2D eigenvalue weighted by Crippen LogP contribution is 2.30. The van der Waals surface area contributed by atoms with Crippen LogP contribution < -0.4 is 8.92 Å². The molecule has 0 heterocycles. The highest BCUT2D eigenvalue weighted by molar-refractivity contribution is 7.86. The molecule has 1 amide bonds. The maximum Gasteiger partial charge on any atom is 0.306 e. The molecular weight excluding hydrogens is 390 g/mol. The van der Waals surface area contributed by atoms with E-state index in [1.54, 1.807) is 12.1 Å². The number of carbonyl (C=O) groups is 1. The fourth-order valence-electron chi connectivity index (χ4n) is 3.51. The lowest BCUT2D eigenvalue weighted by molar-refractivity contribution is -0.133. The van der Waals surface area contributed by atoms with Crippen molar-refractivity contribution in [3.05, 3.63) is 23.8 Å². The van der Waals surface area contributed by atoms with Crippen molar-refractivity contribution < 1.29 is 22.1 Å². The average Bonchev–Trinajstić information content (AvgIpc) is 2.50. The molecule has 0 spiro atoms. The molecule has 1 aromatic rings. The molecule has 1 rings (SSSR count). The summed E-state index contributed by atoms with van der Waals surface area (Å²) in [6.07, 6.45) is 2.46. The predicted molar refractivity (Wildman–Crippen MR) is 117 cm³/mol. The molecule has 0 fully saturated rings. The highest BCUT2D eigenvalue weighted by atomic mass is 32.2. The van der Waals surface area contributed by atoms with Crippen molar-refractivity contribution in [3.8, 4) is 11.5 Å². The van der Waals surface area contributed by atoms with Gasteiger partial charge < -0.3 is 13.8 Å². The second kappa shape index (κ2) is 10.3. The first kappa shape index (κ1) is 25.3.